The molecule has 0 atom stereocenters. The van der Waals surface area contributed by atoms with Crippen molar-refractivity contribution in [3.05, 3.63) is 40.5 Å². The van der Waals surface area contributed by atoms with E-state index in [2.05, 4.69) is 36.2 Å². The Hall–Kier alpha value is -1.74. The number of rotatable bonds is 10. The number of hydrogen-bond donors (Lipinski definition) is 1. The Morgan fingerprint density at radius 1 is 1.35 bits per heavy atom. The molecule has 0 spiro atoms. The van der Waals surface area contributed by atoms with Crippen molar-refractivity contribution in [2.24, 2.45) is 0 Å². The van der Waals surface area contributed by atoms with Crippen molar-refractivity contribution in [2.75, 3.05) is 13.4 Å². The fraction of sp³-hybridized carbons (Fsp3) is 0.444. The van der Waals surface area contributed by atoms with Crippen molar-refractivity contribution in [1.82, 2.24) is 9.97 Å². The van der Waals surface area contributed by atoms with Gasteiger partial charge in [0.05, 0.1) is 12.3 Å². The highest BCUT2D eigenvalue weighted by Gasteiger charge is 2.12. The zero-order valence-corrected chi connectivity index (χ0v) is 17.6. The third-order valence-electron chi connectivity index (χ3n) is 3.37. The zero-order chi connectivity index (χ0) is 19.2. The number of nitrogens with zero attached hydrogens (tertiary/aromatic N) is 2. The molecule has 0 aliphatic carbocycles. The summed E-state index contributed by atoms with van der Waals surface area (Å²) in [5.41, 5.74) is 1.85. The molecule has 142 valence electrons. The molecule has 0 radical (unpaired) electrons. The standard InChI is InChI=1S/C18H26N2O4SSi/c1-13(2)18-20-15(10-24-18)16(21)8-17-19-14(11-25-17)9-23-12-22-6-7-26(3,4)5/h8,10-11,21H,1,6-7,9,12H2,2-5H3/b16-8-. The summed E-state index contributed by atoms with van der Waals surface area (Å²) in [6.45, 7) is 13.9. The average molecular weight is 395 g/mol. The maximum Gasteiger partial charge on any atom is 0.221 e. The number of aromatic nitrogens is 2. The van der Waals surface area contributed by atoms with Gasteiger partial charge in [0, 0.05) is 31.7 Å². The Labute approximate surface area is 159 Å². The van der Waals surface area contributed by atoms with Crippen molar-refractivity contribution < 1.29 is 19.0 Å². The van der Waals surface area contributed by atoms with Gasteiger partial charge < -0.3 is 19.0 Å². The van der Waals surface area contributed by atoms with Gasteiger partial charge in [-0.1, -0.05) is 26.2 Å². The van der Waals surface area contributed by atoms with Crippen LogP contribution >= 0.6 is 11.3 Å². The Balaban J connectivity index is 1.80. The number of aliphatic hydroxyl groups is 1. The molecule has 2 aromatic rings. The summed E-state index contributed by atoms with van der Waals surface area (Å²) in [6.07, 6.45) is 2.95. The van der Waals surface area contributed by atoms with E-state index >= 15 is 0 Å². The molecule has 2 rings (SSSR count). The van der Waals surface area contributed by atoms with E-state index in [1.165, 1.54) is 17.6 Å². The van der Waals surface area contributed by atoms with Crippen LogP contribution in [0.5, 0.6) is 0 Å². The Morgan fingerprint density at radius 2 is 2.12 bits per heavy atom. The molecule has 2 aromatic heterocycles. The summed E-state index contributed by atoms with van der Waals surface area (Å²) in [5, 5.41) is 12.7. The second kappa shape index (κ2) is 9.27. The zero-order valence-electron chi connectivity index (χ0n) is 15.7. The van der Waals surface area contributed by atoms with Crippen molar-refractivity contribution in [1.29, 1.82) is 0 Å². The minimum Gasteiger partial charge on any atom is -0.505 e. The van der Waals surface area contributed by atoms with E-state index < -0.39 is 8.07 Å². The monoisotopic (exact) mass is 394 g/mol. The SMILES string of the molecule is C=C(C)c1nc(/C(O)=C/c2nc(COCOCC[Si](C)(C)C)cs2)co1. The van der Waals surface area contributed by atoms with Crippen LogP contribution in [0.4, 0.5) is 0 Å². The predicted molar refractivity (Wildman–Crippen MR) is 108 cm³/mol. The van der Waals surface area contributed by atoms with Gasteiger partial charge in [-0.3, -0.25) is 0 Å². The fourth-order valence-corrected chi connectivity index (χ4v) is 3.36. The minimum atomic E-state index is -1.06. The highest BCUT2D eigenvalue weighted by molar-refractivity contribution is 7.10. The maximum absolute atomic E-state index is 10.1. The van der Waals surface area contributed by atoms with Crippen LogP contribution in [0.2, 0.25) is 25.7 Å². The Bertz CT molecular complexity index is 761. The molecule has 2 heterocycles. The first-order chi connectivity index (χ1) is 12.2. The van der Waals surface area contributed by atoms with E-state index in [4.69, 9.17) is 13.9 Å². The molecule has 1 N–H and O–H groups in total. The van der Waals surface area contributed by atoms with E-state index in [9.17, 15) is 5.11 Å². The fourth-order valence-electron chi connectivity index (χ4n) is 1.88. The predicted octanol–water partition coefficient (Wildman–Crippen LogP) is 5.05. The first-order valence-corrected chi connectivity index (χ1v) is 13.0. The third-order valence-corrected chi connectivity index (χ3v) is 5.92. The molecular formula is C18H26N2O4SSi. The molecule has 0 bridgehead atoms. The summed E-state index contributed by atoms with van der Waals surface area (Å²) < 4.78 is 16.2. The van der Waals surface area contributed by atoms with Gasteiger partial charge in [0.1, 0.15) is 29.5 Å². The van der Waals surface area contributed by atoms with Gasteiger partial charge in [0.25, 0.3) is 0 Å². The van der Waals surface area contributed by atoms with E-state index in [0.717, 1.165) is 18.3 Å². The maximum atomic E-state index is 10.1. The number of thiazole rings is 1. The molecule has 0 amide bonds. The number of oxazole rings is 1. The molecule has 26 heavy (non-hydrogen) atoms. The van der Waals surface area contributed by atoms with Gasteiger partial charge in [0.15, 0.2) is 0 Å². The molecule has 0 aliphatic rings. The van der Waals surface area contributed by atoms with Crippen LogP contribution in [-0.4, -0.2) is 36.5 Å². The van der Waals surface area contributed by atoms with Gasteiger partial charge >= 0.3 is 0 Å². The van der Waals surface area contributed by atoms with E-state index in [-0.39, 0.29) is 12.6 Å². The Kier molecular flexibility index (Phi) is 7.33. The molecule has 0 saturated carbocycles. The highest BCUT2D eigenvalue weighted by Crippen LogP contribution is 2.20. The van der Waals surface area contributed by atoms with Crippen LogP contribution in [0.3, 0.4) is 0 Å². The lowest BCUT2D eigenvalue weighted by Crippen LogP contribution is -2.22. The largest absolute Gasteiger partial charge is 0.505 e. The highest BCUT2D eigenvalue weighted by atomic mass is 32.1. The van der Waals surface area contributed by atoms with Crippen LogP contribution in [0.15, 0.2) is 22.6 Å². The van der Waals surface area contributed by atoms with E-state index in [1.54, 1.807) is 13.0 Å². The summed E-state index contributed by atoms with van der Waals surface area (Å²) in [6, 6.07) is 1.12. The second-order valence-corrected chi connectivity index (χ2v) is 13.7. The lowest BCUT2D eigenvalue weighted by Gasteiger charge is -2.15. The number of ether oxygens (including phenoxy) is 2. The third kappa shape index (κ3) is 6.87. The smallest absolute Gasteiger partial charge is 0.221 e. The summed E-state index contributed by atoms with van der Waals surface area (Å²) >= 11 is 1.42. The van der Waals surface area contributed by atoms with Crippen LogP contribution in [0.1, 0.15) is 29.2 Å². The quantitative estimate of drug-likeness (QED) is 0.263. The Morgan fingerprint density at radius 3 is 2.77 bits per heavy atom. The van der Waals surface area contributed by atoms with Crippen LogP contribution < -0.4 is 0 Å². The van der Waals surface area contributed by atoms with E-state index in [0.29, 0.717) is 28.8 Å². The number of allylic oxidation sites excluding steroid dienone is 1. The van der Waals surface area contributed by atoms with Crippen LogP contribution in [0.25, 0.3) is 17.4 Å². The van der Waals surface area contributed by atoms with Gasteiger partial charge in [-0.05, 0) is 13.0 Å². The van der Waals surface area contributed by atoms with Crippen molar-refractivity contribution in [3.8, 4) is 0 Å². The number of hydrogen-bond acceptors (Lipinski definition) is 7. The van der Waals surface area contributed by atoms with Crippen molar-refractivity contribution in [2.45, 2.75) is 39.2 Å². The summed E-state index contributed by atoms with van der Waals surface area (Å²) in [7, 11) is -1.06. The lowest BCUT2D eigenvalue weighted by atomic mass is 10.3. The summed E-state index contributed by atoms with van der Waals surface area (Å²) in [4.78, 5) is 8.57. The van der Waals surface area contributed by atoms with Crippen molar-refractivity contribution in [3.63, 3.8) is 0 Å². The van der Waals surface area contributed by atoms with Gasteiger partial charge in [-0.25, -0.2) is 9.97 Å². The molecular weight excluding hydrogens is 368 g/mol. The average Bonchev–Trinajstić information content (AvgIpc) is 3.19. The van der Waals surface area contributed by atoms with Gasteiger partial charge in [0.2, 0.25) is 5.89 Å². The number of aliphatic hydroxyl groups excluding tert-OH is 1. The van der Waals surface area contributed by atoms with Crippen LogP contribution in [-0.2, 0) is 16.1 Å². The normalized spacial score (nSPS) is 12.5. The molecule has 0 aliphatic heterocycles. The summed E-state index contributed by atoms with van der Waals surface area (Å²) in [5.74, 6) is 0.403. The molecule has 0 unspecified atom stereocenters. The first-order valence-electron chi connectivity index (χ1n) is 8.37. The molecule has 0 fully saturated rings. The molecule has 8 heteroatoms. The second-order valence-electron chi connectivity index (χ2n) is 7.21. The molecule has 6 nitrogen and oxygen atoms in total. The van der Waals surface area contributed by atoms with E-state index in [1.807, 2.05) is 5.38 Å². The van der Waals surface area contributed by atoms with Gasteiger partial charge in [-0.2, -0.15) is 0 Å². The topological polar surface area (TPSA) is 77.6 Å². The molecule has 0 aromatic carbocycles. The first kappa shape index (κ1) is 20.6. The minimum absolute atomic E-state index is 0.00208. The lowest BCUT2D eigenvalue weighted by molar-refractivity contribution is -0.0581. The van der Waals surface area contributed by atoms with Crippen LogP contribution in [0, 0.1) is 0 Å². The van der Waals surface area contributed by atoms with Gasteiger partial charge in [-0.15, -0.1) is 11.3 Å². The molecule has 0 saturated heterocycles. The van der Waals surface area contributed by atoms with Crippen molar-refractivity contribution >= 4 is 36.8 Å².